The normalized spacial score (nSPS) is 12.9. The fraction of sp³-hybridized carbons (Fsp3) is 0.200. The summed E-state index contributed by atoms with van der Waals surface area (Å²) in [6.07, 6.45) is 0.912. The molecule has 0 bridgehead atoms. The van der Waals surface area contributed by atoms with Crippen LogP contribution < -0.4 is 9.47 Å². The SMILES string of the molecule is Brc1cc(I)c2c(c1OCc1ccccc1)CCO2. The molecule has 0 aliphatic carbocycles. The zero-order valence-electron chi connectivity index (χ0n) is 10.2. The summed E-state index contributed by atoms with van der Waals surface area (Å²) in [5.74, 6) is 1.89. The van der Waals surface area contributed by atoms with Crippen molar-refractivity contribution >= 4 is 38.5 Å². The number of hydrogen-bond acceptors (Lipinski definition) is 2. The van der Waals surface area contributed by atoms with Crippen LogP contribution in [0.2, 0.25) is 0 Å². The molecule has 2 aromatic carbocycles. The van der Waals surface area contributed by atoms with Crippen LogP contribution in [0.25, 0.3) is 0 Å². The lowest BCUT2D eigenvalue weighted by atomic mass is 10.1. The molecule has 1 aliphatic heterocycles. The standard InChI is InChI=1S/C15H12BrIO2/c16-12-8-13(17)15-11(6-7-18-15)14(12)19-9-10-4-2-1-3-5-10/h1-5,8H,6-7,9H2. The smallest absolute Gasteiger partial charge is 0.141 e. The molecule has 0 amide bonds. The molecule has 0 saturated heterocycles. The Morgan fingerprint density at radius 1 is 1.26 bits per heavy atom. The first-order valence-electron chi connectivity index (χ1n) is 6.06. The number of fused-ring (bicyclic) bond motifs is 1. The molecule has 4 heteroatoms. The van der Waals surface area contributed by atoms with E-state index in [9.17, 15) is 0 Å². The quantitative estimate of drug-likeness (QED) is 0.664. The zero-order valence-corrected chi connectivity index (χ0v) is 13.9. The van der Waals surface area contributed by atoms with E-state index < -0.39 is 0 Å². The van der Waals surface area contributed by atoms with Crippen molar-refractivity contribution in [2.24, 2.45) is 0 Å². The van der Waals surface area contributed by atoms with Crippen LogP contribution in [-0.4, -0.2) is 6.61 Å². The molecular weight excluding hydrogens is 419 g/mol. The third kappa shape index (κ3) is 2.74. The van der Waals surface area contributed by atoms with Crippen LogP contribution in [0.15, 0.2) is 40.9 Å². The number of halogens is 2. The van der Waals surface area contributed by atoms with Crippen LogP contribution in [0.5, 0.6) is 11.5 Å². The minimum atomic E-state index is 0.576. The first-order chi connectivity index (χ1) is 9.25. The average Bonchev–Trinajstić information content (AvgIpc) is 2.89. The Hall–Kier alpha value is -0.750. The van der Waals surface area contributed by atoms with E-state index in [4.69, 9.17) is 9.47 Å². The van der Waals surface area contributed by atoms with Crippen molar-refractivity contribution in [1.29, 1.82) is 0 Å². The van der Waals surface area contributed by atoms with E-state index in [2.05, 4.69) is 50.7 Å². The summed E-state index contributed by atoms with van der Waals surface area (Å²) in [5, 5.41) is 0. The van der Waals surface area contributed by atoms with E-state index in [1.165, 1.54) is 11.1 Å². The van der Waals surface area contributed by atoms with Crippen molar-refractivity contribution in [3.63, 3.8) is 0 Å². The summed E-state index contributed by atoms with van der Waals surface area (Å²) >= 11 is 5.89. The van der Waals surface area contributed by atoms with Crippen LogP contribution in [0.1, 0.15) is 11.1 Å². The van der Waals surface area contributed by atoms with Gasteiger partial charge in [0, 0.05) is 12.0 Å². The summed E-state index contributed by atoms with van der Waals surface area (Å²) in [6.45, 7) is 1.32. The molecule has 3 rings (SSSR count). The highest BCUT2D eigenvalue weighted by Gasteiger charge is 2.23. The van der Waals surface area contributed by atoms with Gasteiger partial charge in [0.25, 0.3) is 0 Å². The van der Waals surface area contributed by atoms with E-state index in [1.54, 1.807) is 0 Å². The topological polar surface area (TPSA) is 18.5 Å². The van der Waals surface area contributed by atoms with Gasteiger partial charge in [-0.1, -0.05) is 30.3 Å². The van der Waals surface area contributed by atoms with E-state index in [0.717, 1.165) is 32.6 Å². The molecule has 1 heterocycles. The summed E-state index contributed by atoms with van der Waals surface area (Å²) in [7, 11) is 0. The molecule has 1 aliphatic rings. The number of hydrogen-bond donors (Lipinski definition) is 0. The monoisotopic (exact) mass is 430 g/mol. The van der Waals surface area contributed by atoms with Crippen LogP contribution in [0, 0.1) is 3.57 Å². The van der Waals surface area contributed by atoms with Crippen LogP contribution in [0.3, 0.4) is 0 Å². The van der Waals surface area contributed by atoms with Gasteiger partial charge in [-0.2, -0.15) is 0 Å². The molecule has 2 nitrogen and oxygen atoms in total. The maximum absolute atomic E-state index is 5.99. The highest BCUT2D eigenvalue weighted by molar-refractivity contribution is 14.1. The molecule has 0 aromatic heterocycles. The van der Waals surface area contributed by atoms with Gasteiger partial charge in [0.05, 0.1) is 14.6 Å². The Bertz CT molecular complexity index is 599. The predicted molar refractivity (Wildman–Crippen MR) is 86.8 cm³/mol. The molecular formula is C15H12BrIO2. The number of rotatable bonds is 3. The Morgan fingerprint density at radius 2 is 2.05 bits per heavy atom. The second-order valence-corrected chi connectivity index (χ2v) is 6.37. The summed E-state index contributed by atoms with van der Waals surface area (Å²) in [6, 6.07) is 12.2. The van der Waals surface area contributed by atoms with Gasteiger partial charge in [0.1, 0.15) is 18.1 Å². The van der Waals surface area contributed by atoms with Crippen molar-refractivity contribution in [3.05, 3.63) is 55.6 Å². The lowest BCUT2D eigenvalue weighted by molar-refractivity contribution is 0.301. The summed E-state index contributed by atoms with van der Waals surface area (Å²) in [5.41, 5.74) is 2.34. The van der Waals surface area contributed by atoms with Gasteiger partial charge in [-0.3, -0.25) is 0 Å². The highest BCUT2D eigenvalue weighted by atomic mass is 127. The summed E-state index contributed by atoms with van der Waals surface area (Å²) < 4.78 is 13.8. The van der Waals surface area contributed by atoms with E-state index >= 15 is 0 Å². The predicted octanol–water partition coefficient (Wildman–Crippen LogP) is 4.57. The van der Waals surface area contributed by atoms with Gasteiger partial charge >= 0.3 is 0 Å². The van der Waals surface area contributed by atoms with Gasteiger partial charge in [-0.25, -0.2) is 0 Å². The van der Waals surface area contributed by atoms with Gasteiger partial charge in [0.2, 0.25) is 0 Å². The number of ether oxygens (including phenoxy) is 2. The Labute approximate surface area is 134 Å². The minimum absolute atomic E-state index is 0.576. The van der Waals surface area contributed by atoms with E-state index in [0.29, 0.717) is 6.61 Å². The molecule has 19 heavy (non-hydrogen) atoms. The molecule has 0 unspecified atom stereocenters. The zero-order chi connectivity index (χ0) is 13.2. The maximum Gasteiger partial charge on any atom is 0.141 e. The first-order valence-corrected chi connectivity index (χ1v) is 7.93. The lowest BCUT2D eigenvalue weighted by Gasteiger charge is -2.13. The Kier molecular flexibility index (Phi) is 3.98. The fourth-order valence-corrected chi connectivity index (χ4v) is 3.96. The molecule has 0 spiro atoms. The minimum Gasteiger partial charge on any atom is -0.492 e. The van der Waals surface area contributed by atoms with Crippen molar-refractivity contribution in [2.45, 2.75) is 13.0 Å². The van der Waals surface area contributed by atoms with Crippen molar-refractivity contribution < 1.29 is 9.47 Å². The molecule has 0 fully saturated rings. The molecule has 2 aromatic rings. The Balaban J connectivity index is 1.87. The first kappa shape index (κ1) is 13.2. The highest BCUT2D eigenvalue weighted by Crippen LogP contribution is 2.42. The van der Waals surface area contributed by atoms with Crippen LogP contribution in [0.4, 0.5) is 0 Å². The van der Waals surface area contributed by atoms with Crippen molar-refractivity contribution in [3.8, 4) is 11.5 Å². The van der Waals surface area contributed by atoms with Crippen LogP contribution in [-0.2, 0) is 13.0 Å². The molecule has 0 atom stereocenters. The third-order valence-electron chi connectivity index (χ3n) is 3.06. The molecule has 0 radical (unpaired) electrons. The second-order valence-electron chi connectivity index (χ2n) is 4.35. The molecule has 0 N–H and O–H groups in total. The third-order valence-corrected chi connectivity index (χ3v) is 4.45. The van der Waals surface area contributed by atoms with Crippen LogP contribution >= 0.6 is 38.5 Å². The summed E-state index contributed by atoms with van der Waals surface area (Å²) in [4.78, 5) is 0. The molecule has 98 valence electrons. The van der Waals surface area contributed by atoms with Crippen molar-refractivity contribution in [2.75, 3.05) is 6.61 Å². The van der Waals surface area contributed by atoms with E-state index in [-0.39, 0.29) is 0 Å². The fourth-order valence-electron chi connectivity index (χ4n) is 2.16. The van der Waals surface area contributed by atoms with Crippen molar-refractivity contribution in [1.82, 2.24) is 0 Å². The number of benzene rings is 2. The lowest BCUT2D eigenvalue weighted by Crippen LogP contribution is -1.99. The Morgan fingerprint density at radius 3 is 2.84 bits per heavy atom. The largest absolute Gasteiger partial charge is 0.492 e. The van der Waals surface area contributed by atoms with Gasteiger partial charge in [0.15, 0.2) is 0 Å². The maximum atomic E-state index is 5.99. The van der Waals surface area contributed by atoms with Gasteiger partial charge in [-0.05, 0) is 50.2 Å². The van der Waals surface area contributed by atoms with Gasteiger partial charge in [-0.15, -0.1) is 0 Å². The van der Waals surface area contributed by atoms with E-state index in [1.807, 2.05) is 24.3 Å². The second kappa shape index (κ2) is 5.71. The average molecular weight is 431 g/mol. The van der Waals surface area contributed by atoms with Gasteiger partial charge < -0.3 is 9.47 Å². The molecule has 0 saturated carbocycles.